The Kier molecular flexibility index (Phi) is 3.59. The summed E-state index contributed by atoms with van der Waals surface area (Å²) in [4.78, 5) is 6.39. The minimum atomic E-state index is 0.300. The molecule has 2 aromatic rings. The highest BCUT2D eigenvalue weighted by Gasteiger charge is 2.21. The van der Waals surface area contributed by atoms with Crippen LogP contribution in [0.1, 0.15) is 18.5 Å². The first-order chi connectivity index (χ1) is 8.20. The molecule has 0 aliphatic carbocycles. The van der Waals surface area contributed by atoms with Gasteiger partial charge in [-0.15, -0.1) is 0 Å². The maximum absolute atomic E-state index is 4.15. The van der Waals surface area contributed by atoms with Crippen molar-refractivity contribution in [3.63, 3.8) is 0 Å². The lowest BCUT2D eigenvalue weighted by atomic mass is 9.99. The summed E-state index contributed by atoms with van der Waals surface area (Å²) in [5, 5.41) is 0. The van der Waals surface area contributed by atoms with Crippen molar-refractivity contribution in [2.45, 2.75) is 19.0 Å². The van der Waals surface area contributed by atoms with E-state index in [0.717, 1.165) is 0 Å². The largest absolute Gasteiger partial charge is 0.328 e. The van der Waals surface area contributed by atoms with E-state index in [0.29, 0.717) is 12.1 Å². The van der Waals surface area contributed by atoms with Crippen molar-refractivity contribution >= 4 is 0 Å². The van der Waals surface area contributed by atoms with Crippen molar-refractivity contribution in [2.24, 2.45) is 0 Å². The fourth-order valence-corrected chi connectivity index (χ4v) is 2.07. The maximum atomic E-state index is 4.15. The van der Waals surface area contributed by atoms with Gasteiger partial charge in [0.15, 0.2) is 0 Å². The second kappa shape index (κ2) is 5.15. The summed E-state index contributed by atoms with van der Waals surface area (Å²) < 4.78 is 2.17. The molecule has 17 heavy (non-hydrogen) atoms. The topological polar surface area (TPSA) is 21.1 Å². The number of benzene rings is 1. The first kappa shape index (κ1) is 11.9. The molecule has 3 nitrogen and oxygen atoms in total. The van der Waals surface area contributed by atoms with Gasteiger partial charge in [-0.05, 0) is 26.6 Å². The van der Waals surface area contributed by atoms with Crippen LogP contribution in [0.3, 0.4) is 0 Å². The molecular weight excluding hydrogens is 210 g/mol. The molecule has 1 aromatic heterocycles. The standard InChI is InChI=1S/C14H19N3/c1-12(16(2)3)14(17-10-9-15-11-17)13-7-5-4-6-8-13/h4-12,14H,1-3H3/t12-,14-/m1/s1. The smallest absolute Gasteiger partial charge is 0.0952 e. The highest BCUT2D eigenvalue weighted by molar-refractivity contribution is 5.21. The lowest BCUT2D eigenvalue weighted by molar-refractivity contribution is 0.252. The molecule has 0 saturated carbocycles. The Morgan fingerprint density at radius 3 is 2.41 bits per heavy atom. The van der Waals surface area contributed by atoms with Crippen LogP contribution in [0.15, 0.2) is 49.1 Å². The number of hydrogen-bond donors (Lipinski definition) is 0. The lowest BCUT2D eigenvalue weighted by Gasteiger charge is -2.30. The van der Waals surface area contributed by atoms with Gasteiger partial charge in [0.25, 0.3) is 0 Å². The van der Waals surface area contributed by atoms with Gasteiger partial charge in [-0.25, -0.2) is 4.98 Å². The highest BCUT2D eigenvalue weighted by Crippen LogP contribution is 2.23. The number of imidazole rings is 1. The Bertz CT molecular complexity index is 434. The van der Waals surface area contributed by atoms with Gasteiger partial charge in [-0.2, -0.15) is 0 Å². The van der Waals surface area contributed by atoms with Gasteiger partial charge in [0, 0.05) is 18.4 Å². The summed E-state index contributed by atoms with van der Waals surface area (Å²) in [5.41, 5.74) is 1.31. The van der Waals surface area contributed by atoms with Crippen molar-refractivity contribution < 1.29 is 0 Å². The van der Waals surface area contributed by atoms with E-state index in [2.05, 4.69) is 65.8 Å². The fraction of sp³-hybridized carbons (Fsp3) is 0.357. The molecule has 0 aliphatic rings. The van der Waals surface area contributed by atoms with Crippen LogP contribution in [0.25, 0.3) is 0 Å². The fourth-order valence-electron chi connectivity index (χ4n) is 2.07. The van der Waals surface area contributed by atoms with E-state index in [9.17, 15) is 0 Å². The molecule has 2 atom stereocenters. The van der Waals surface area contributed by atoms with Gasteiger partial charge in [0.1, 0.15) is 0 Å². The number of aromatic nitrogens is 2. The van der Waals surface area contributed by atoms with E-state index in [1.165, 1.54) is 5.56 Å². The van der Waals surface area contributed by atoms with E-state index >= 15 is 0 Å². The lowest BCUT2D eigenvalue weighted by Crippen LogP contribution is -2.34. The van der Waals surface area contributed by atoms with Gasteiger partial charge in [-0.3, -0.25) is 0 Å². The van der Waals surface area contributed by atoms with E-state index in [1.807, 2.05) is 18.7 Å². The SMILES string of the molecule is C[C@H]([C@H](c1ccccc1)n1ccnc1)N(C)C. The Morgan fingerprint density at radius 1 is 1.18 bits per heavy atom. The Balaban J connectivity index is 2.38. The molecule has 0 amide bonds. The molecule has 0 saturated heterocycles. The third kappa shape index (κ3) is 2.56. The predicted octanol–water partition coefficient (Wildman–Crippen LogP) is 2.42. The van der Waals surface area contributed by atoms with Gasteiger partial charge >= 0.3 is 0 Å². The summed E-state index contributed by atoms with van der Waals surface area (Å²) in [5.74, 6) is 0. The van der Waals surface area contributed by atoms with Crippen molar-refractivity contribution in [3.05, 3.63) is 54.6 Å². The highest BCUT2D eigenvalue weighted by atomic mass is 15.2. The number of nitrogens with zero attached hydrogens (tertiary/aromatic N) is 3. The van der Waals surface area contributed by atoms with Crippen LogP contribution in [0.4, 0.5) is 0 Å². The van der Waals surface area contributed by atoms with Crippen LogP contribution in [-0.2, 0) is 0 Å². The average molecular weight is 229 g/mol. The van der Waals surface area contributed by atoms with Crippen LogP contribution < -0.4 is 0 Å². The molecule has 1 aromatic carbocycles. The van der Waals surface area contributed by atoms with Crippen molar-refractivity contribution in [1.29, 1.82) is 0 Å². The summed E-state index contributed by atoms with van der Waals surface area (Å²) in [6.07, 6.45) is 5.74. The van der Waals surface area contributed by atoms with Gasteiger partial charge in [-0.1, -0.05) is 30.3 Å². The van der Waals surface area contributed by atoms with Crippen LogP contribution in [0, 0.1) is 0 Å². The third-order valence-corrected chi connectivity index (χ3v) is 3.26. The maximum Gasteiger partial charge on any atom is 0.0952 e. The van der Waals surface area contributed by atoms with E-state index in [1.54, 1.807) is 0 Å². The zero-order valence-electron chi connectivity index (χ0n) is 10.6. The van der Waals surface area contributed by atoms with Crippen LogP contribution >= 0.6 is 0 Å². The molecule has 0 radical (unpaired) electrons. The Labute approximate surface area is 103 Å². The molecule has 3 heteroatoms. The average Bonchev–Trinajstić information content (AvgIpc) is 2.84. The molecule has 90 valence electrons. The molecule has 1 heterocycles. The second-order valence-corrected chi connectivity index (χ2v) is 4.57. The van der Waals surface area contributed by atoms with E-state index in [4.69, 9.17) is 0 Å². The van der Waals surface area contributed by atoms with Gasteiger partial charge in [0.2, 0.25) is 0 Å². The summed E-state index contributed by atoms with van der Waals surface area (Å²) in [7, 11) is 4.22. The number of likely N-dealkylation sites (N-methyl/N-ethyl adjacent to an activating group) is 1. The first-order valence-electron chi connectivity index (χ1n) is 5.89. The zero-order valence-corrected chi connectivity index (χ0v) is 10.6. The number of rotatable bonds is 4. The van der Waals surface area contributed by atoms with Gasteiger partial charge < -0.3 is 9.47 Å². The quantitative estimate of drug-likeness (QED) is 0.803. The summed E-state index contributed by atoms with van der Waals surface area (Å²) >= 11 is 0. The molecule has 0 fully saturated rings. The summed E-state index contributed by atoms with van der Waals surface area (Å²) in [6, 6.07) is 11.3. The van der Waals surface area contributed by atoms with Crippen LogP contribution in [-0.4, -0.2) is 34.6 Å². The van der Waals surface area contributed by atoms with Crippen molar-refractivity contribution in [2.75, 3.05) is 14.1 Å². The van der Waals surface area contributed by atoms with Gasteiger partial charge in [0.05, 0.1) is 12.4 Å². The second-order valence-electron chi connectivity index (χ2n) is 4.57. The number of hydrogen-bond acceptors (Lipinski definition) is 2. The molecular formula is C14H19N3. The molecule has 0 spiro atoms. The summed E-state index contributed by atoms with van der Waals surface area (Å²) in [6.45, 7) is 2.23. The normalized spacial score (nSPS) is 14.8. The molecule has 0 unspecified atom stereocenters. The molecule has 0 N–H and O–H groups in total. The molecule has 0 aliphatic heterocycles. The molecule has 0 bridgehead atoms. The third-order valence-electron chi connectivity index (χ3n) is 3.26. The Morgan fingerprint density at radius 2 is 1.88 bits per heavy atom. The van der Waals surface area contributed by atoms with Crippen LogP contribution in [0.5, 0.6) is 0 Å². The monoisotopic (exact) mass is 229 g/mol. The predicted molar refractivity (Wildman–Crippen MR) is 70.0 cm³/mol. The van der Waals surface area contributed by atoms with Crippen molar-refractivity contribution in [1.82, 2.24) is 14.5 Å². The molecule has 2 rings (SSSR count). The van der Waals surface area contributed by atoms with Crippen LogP contribution in [0.2, 0.25) is 0 Å². The van der Waals surface area contributed by atoms with E-state index < -0.39 is 0 Å². The minimum Gasteiger partial charge on any atom is -0.328 e. The minimum absolute atomic E-state index is 0.300. The zero-order chi connectivity index (χ0) is 12.3. The van der Waals surface area contributed by atoms with E-state index in [-0.39, 0.29) is 0 Å². The van der Waals surface area contributed by atoms with Crippen molar-refractivity contribution in [3.8, 4) is 0 Å². The first-order valence-corrected chi connectivity index (χ1v) is 5.89. The Hall–Kier alpha value is -1.61.